The zero-order valence-electron chi connectivity index (χ0n) is 11.3. The lowest BCUT2D eigenvalue weighted by Gasteiger charge is -2.10. The number of hydrogen-bond acceptors (Lipinski definition) is 3. The highest BCUT2D eigenvalue weighted by Crippen LogP contribution is 2.19. The van der Waals surface area contributed by atoms with E-state index in [4.69, 9.17) is 0 Å². The van der Waals surface area contributed by atoms with E-state index in [1.54, 1.807) is 7.05 Å². The number of Topliss-reactive ketones (excluding diaryl/α,β-unsaturated/α-hetero) is 1. The Kier molecular flexibility index (Phi) is 3.48. The summed E-state index contributed by atoms with van der Waals surface area (Å²) in [6.45, 7) is 6.09. The minimum atomic E-state index is -0.172. The molecule has 4 nitrogen and oxygen atoms in total. The molecule has 18 heavy (non-hydrogen) atoms. The highest BCUT2D eigenvalue weighted by atomic mass is 16.1. The molecule has 2 rings (SSSR count). The maximum Gasteiger partial charge on any atom is 0.179 e. The van der Waals surface area contributed by atoms with E-state index in [-0.39, 0.29) is 11.8 Å². The van der Waals surface area contributed by atoms with Crippen molar-refractivity contribution in [1.82, 2.24) is 14.9 Å². The molecule has 0 spiro atoms. The Morgan fingerprint density at radius 1 is 1.33 bits per heavy atom. The lowest BCUT2D eigenvalue weighted by atomic mass is 10.0. The van der Waals surface area contributed by atoms with Crippen LogP contribution in [0.25, 0.3) is 11.0 Å². The smallest absolute Gasteiger partial charge is 0.179 e. The highest BCUT2D eigenvalue weighted by molar-refractivity contribution is 6.02. The second-order valence-corrected chi connectivity index (χ2v) is 4.82. The van der Waals surface area contributed by atoms with Gasteiger partial charge in [-0.2, -0.15) is 0 Å². The zero-order chi connectivity index (χ0) is 13.3. The summed E-state index contributed by atoms with van der Waals surface area (Å²) in [6, 6.07) is 5.91. The summed E-state index contributed by atoms with van der Waals surface area (Å²) in [5.41, 5.74) is 2.65. The predicted molar refractivity (Wildman–Crippen MR) is 73.0 cm³/mol. The lowest BCUT2D eigenvalue weighted by Crippen LogP contribution is -2.30. The van der Waals surface area contributed by atoms with Gasteiger partial charge < -0.3 is 9.88 Å². The van der Waals surface area contributed by atoms with Crippen LogP contribution in [0.2, 0.25) is 0 Å². The Morgan fingerprint density at radius 3 is 2.67 bits per heavy atom. The van der Waals surface area contributed by atoms with E-state index < -0.39 is 0 Å². The molecule has 0 fully saturated rings. The van der Waals surface area contributed by atoms with Gasteiger partial charge in [-0.05, 0) is 46.0 Å². The molecule has 0 aliphatic carbocycles. The number of carbonyl (C=O) groups excluding carboxylic acids is 1. The van der Waals surface area contributed by atoms with Gasteiger partial charge in [-0.3, -0.25) is 4.79 Å². The maximum absolute atomic E-state index is 12.1. The third kappa shape index (κ3) is 2.16. The molecule has 96 valence electrons. The standard InChI is InChI=1S/C14H19N3O/c1-9(2)17-8-16-12-7-11(5-6-13(12)17)14(18)10(3)15-4/h5-10,15H,1-4H3. The van der Waals surface area contributed by atoms with Gasteiger partial charge in [0.1, 0.15) is 0 Å². The van der Waals surface area contributed by atoms with Gasteiger partial charge in [-0.1, -0.05) is 0 Å². The van der Waals surface area contributed by atoms with Crippen LogP contribution in [0.4, 0.5) is 0 Å². The number of nitrogens with zero attached hydrogens (tertiary/aromatic N) is 2. The normalized spacial score (nSPS) is 13.2. The van der Waals surface area contributed by atoms with Crippen LogP contribution in [-0.4, -0.2) is 28.4 Å². The van der Waals surface area contributed by atoms with E-state index in [2.05, 4.69) is 28.7 Å². The van der Waals surface area contributed by atoms with Crippen molar-refractivity contribution in [1.29, 1.82) is 0 Å². The van der Waals surface area contributed by atoms with Gasteiger partial charge >= 0.3 is 0 Å². The van der Waals surface area contributed by atoms with E-state index in [0.29, 0.717) is 11.6 Å². The van der Waals surface area contributed by atoms with Gasteiger partial charge in [0.05, 0.1) is 23.4 Å². The average Bonchev–Trinajstić information content (AvgIpc) is 2.79. The summed E-state index contributed by atoms with van der Waals surface area (Å²) in [6.07, 6.45) is 1.82. The van der Waals surface area contributed by atoms with E-state index >= 15 is 0 Å². The van der Waals surface area contributed by atoms with Crippen molar-refractivity contribution in [2.45, 2.75) is 32.9 Å². The van der Waals surface area contributed by atoms with Crippen LogP contribution in [0, 0.1) is 0 Å². The van der Waals surface area contributed by atoms with Gasteiger partial charge in [-0.25, -0.2) is 4.98 Å². The van der Waals surface area contributed by atoms with Crippen molar-refractivity contribution >= 4 is 16.8 Å². The fourth-order valence-corrected chi connectivity index (χ4v) is 1.98. The van der Waals surface area contributed by atoms with Crippen molar-refractivity contribution < 1.29 is 4.79 Å². The lowest BCUT2D eigenvalue weighted by molar-refractivity contribution is 0.0955. The number of fused-ring (bicyclic) bond motifs is 1. The molecule has 1 heterocycles. The minimum absolute atomic E-state index is 0.0958. The first-order valence-corrected chi connectivity index (χ1v) is 6.22. The van der Waals surface area contributed by atoms with Crippen LogP contribution < -0.4 is 5.32 Å². The molecule has 1 aromatic carbocycles. The molecule has 2 aromatic rings. The topological polar surface area (TPSA) is 46.9 Å². The van der Waals surface area contributed by atoms with Crippen molar-refractivity contribution in [3.63, 3.8) is 0 Å². The van der Waals surface area contributed by atoms with Crippen molar-refractivity contribution in [2.24, 2.45) is 0 Å². The molecule has 0 amide bonds. The van der Waals surface area contributed by atoms with Gasteiger partial charge in [0.2, 0.25) is 0 Å². The molecule has 1 aromatic heterocycles. The third-order valence-electron chi connectivity index (χ3n) is 3.24. The molecule has 4 heteroatoms. The Bertz CT molecular complexity index is 571. The molecule has 1 atom stereocenters. The van der Waals surface area contributed by atoms with Crippen LogP contribution in [0.3, 0.4) is 0 Å². The monoisotopic (exact) mass is 245 g/mol. The number of nitrogens with one attached hydrogen (secondary N) is 1. The Labute approximate surface area is 107 Å². The molecule has 0 aliphatic heterocycles. The van der Waals surface area contributed by atoms with E-state index in [9.17, 15) is 4.79 Å². The fourth-order valence-electron chi connectivity index (χ4n) is 1.98. The van der Waals surface area contributed by atoms with Crippen LogP contribution in [0.15, 0.2) is 24.5 Å². The highest BCUT2D eigenvalue weighted by Gasteiger charge is 2.14. The number of likely N-dealkylation sites (N-methyl/N-ethyl adjacent to an activating group) is 1. The zero-order valence-corrected chi connectivity index (χ0v) is 11.3. The number of imidazole rings is 1. The quantitative estimate of drug-likeness (QED) is 0.841. The molecular weight excluding hydrogens is 226 g/mol. The third-order valence-corrected chi connectivity index (χ3v) is 3.24. The Balaban J connectivity index is 2.43. The molecule has 0 bridgehead atoms. The Hall–Kier alpha value is -1.68. The number of rotatable bonds is 4. The van der Waals surface area contributed by atoms with Crippen LogP contribution in [0.5, 0.6) is 0 Å². The summed E-state index contributed by atoms with van der Waals surface area (Å²) >= 11 is 0. The average molecular weight is 245 g/mol. The van der Waals surface area contributed by atoms with Gasteiger partial charge in [-0.15, -0.1) is 0 Å². The van der Waals surface area contributed by atoms with Crippen molar-refractivity contribution in [2.75, 3.05) is 7.05 Å². The summed E-state index contributed by atoms with van der Waals surface area (Å²) in [4.78, 5) is 16.4. The summed E-state index contributed by atoms with van der Waals surface area (Å²) in [7, 11) is 1.79. The van der Waals surface area contributed by atoms with Gasteiger partial charge in [0.15, 0.2) is 5.78 Å². The number of aromatic nitrogens is 2. The summed E-state index contributed by atoms with van der Waals surface area (Å²) in [5, 5.41) is 2.96. The van der Waals surface area contributed by atoms with Crippen molar-refractivity contribution in [3.8, 4) is 0 Å². The first-order chi connectivity index (χ1) is 8.54. The SMILES string of the molecule is CNC(C)C(=O)c1ccc2c(c1)ncn2C(C)C. The van der Waals surface area contributed by atoms with Crippen LogP contribution in [0.1, 0.15) is 37.2 Å². The maximum atomic E-state index is 12.1. The molecule has 0 saturated carbocycles. The second kappa shape index (κ2) is 4.90. The number of ketones is 1. The number of benzene rings is 1. The second-order valence-electron chi connectivity index (χ2n) is 4.82. The predicted octanol–water partition coefficient (Wildman–Crippen LogP) is 2.41. The van der Waals surface area contributed by atoms with E-state index in [0.717, 1.165) is 11.0 Å². The molecule has 0 saturated heterocycles. The van der Waals surface area contributed by atoms with E-state index in [1.165, 1.54) is 0 Å². The first kappa shape index (κ1) is 12.8. The van der Waals surface area contributed by atoms with Gasteiger partial charge in [0.25, 0.3) is 0 Å². The summed E-state index contributed by atoms with van der Waals surface area (Å²) < 4.78 is 2.10. The Morgan fingerprint density at radius 2 is 2.06 bits per heavy atom. The summed E-state index contributed by atoms with van der Waals surface area (Å²) in [5.74, 6) is 0.0958. The largest absolute Gasteiger partial charge is 0.328 e. The van der Waals surface area contributed by atoms with Crippen molar-refractivity contribution in [3.05, 3.63) is 30.1 Å². The number of carbonyl (C=O) groups is 1. The fraction of sp³-hybridized carbons (Fsp3) is 0.429. The molecule has 0 aliphatic rings. The minimum Gasteiger partial charge on any atom is -0.328 e. The first-order valence-electron chi connectivity index (χ1n) is 6.22. The molecule has 1 unspecified atom stereocenters. The van der Waals surface area contributed by atoms with Crippen LogP contribution >= 0.6 is 0 Å². The molecular formula is C14H19N3O. The molecule has 0 radical (unpaired) electrons. The number of hydrogen-bond donors (Lipinski definition) is 1. The van der Waals surface area contributed by atoms with Crippen LogP contribution in [-0.2, 0) is 0 Å². The van der Waals surface area contributed by atoms with Gasteiger partial charge in [0, 0.05) is 11.6 Å². The molecule has 1 N–H and O–H groups in total. The van der Waals surface area contributed by atoms with E-state index in [1.807, 2.05) is 31.5 Å².